The van der Waals surface area contributed by atoms with Gasteiger partial charge in [-0.05, 0) is 37.1 Å². The van der Waals surface area contributed by atoms with Crippen LogP contribution < -0.4 is 11.5 Å². The highest BCUT2D eigenvalue weighted by atomic mass is 35.5. The van der Waals surface area contributed by atoms with E-state index in [-0.39, 0.29) is 24.3 Å². The fourth-order valence-corrected chi connectivity index (χ4v) is 1.21. The highest BCUT2D eigenvalue weighted by Crippen LogP contribution is 2.15. The van der Waals surface area contributed by atoms with Gasteiger partial charge < -0.3 is 11.5 Å². The van der Waals surface area contributed by atoms with Gasteiger partial charge in [0.05, 0.1) is 0 Å². The van der Waals surface area contributed by atoms with E-state index in [1.165, 1.54) is 12.1 Å². The first-order chi connectivity index (χ1) is 6.24. The molecule has 0 unspecified atom stereocenters. The summed E-state index contributed by atoms with van der Waals surface area (Å²) in [5.41, 5.74) is 12.2. The zero-order chi connectivity index (χ0) is 9.68. The van der Waals surface area contributed by atoms with Gasteiger partial charge in [-0.15, -0.1) is 12.4 Å². The summed E-state index contributed by atoms with van der Waals surface area (Å²) in [4.78, 5) is 0. The first-order valence-corrected chi connectivity index (χ1v) is 4.45. The number of hydrogen-bond donors (Lipinski definition) is 2. The normalized spacial score (nSPS) is 11.9. The van der Waals surface area contributed by atoms with Crippen LogP contribution in [0.2, 0.25) is 0 Å². The standard InChI is InChI=1S/C10H15FN2.ClH/c11-9-5-3-8(4-6-9)10(13)2-1-7-12;/h3-6,10H,1-2,7,12-13H2;1H/t10-;/m1./s1. The Morgan fingerprint density at radius 3 is 2.29 bits per heavy atom. The van der Waals surface area contributed by atoms with Crippen LogP contribution in [0.4, 0.5) is 4.39 Å². The number of nitrogens with two attached hydrogens (primary N) is 2. The van der Waals surface area contributed by atoms with Crippen LogP contribution in [0.1, 0.15) is 24.4 Å². The molecule has 0 amide bonds. The van der Waals surface area contributed by atoms with Crippen LogP contribution in [0.15, 0.2) is 24.3 Å². The largest absolute Gasteiger partial charge is 0.330 e. The lowest BCUT2D eigenvalue weighted by molar-refractivity contribution is 0.607. The number of halogens is 2. The average molecular weight is 219 g/mol. The van der Waals surface area contributed by atoms with E-state index in [9.17, 15) is 4.39 Å². The van der Waals surface area contributed by atoms with Gasteiger partial charge in [-0.25, -0.2) is 4.39 Å². The lowest BCUT2D eigenvalue weighted by Gasteiger charge is -2.10. The molecule has 1 atom stereocenters. The number of benzene rings is 1. The molecule has 0 heterocycles. The molecule has 0 bridgehead atoms. The Kier molecular flexibility index (Phi) is 6.45. The maximum Gasteiger partial charge on any atom is 0.123 e. The molecule has 2 nitrogen and oxygen atoms in total. The fraction of sp³-hybridized carbons (Fsp3) is 0.400. The van der Waals surface area contributed by atoms with Crippen LogP contribution in [0, 0.1) is 5.82 Å². The fourth-order valence-electron chi connectivity index (χ4n) is 1.21. The molecule has 80 valence electrons. The molecule has 14 heavy (non-hydrogen) atoms. The van der Waals surface area contributed by atoms with Crippen molar-refractivity contribution in [2.24, 2.45) is 11.5 Å². The Labute approximate surface area is 89.9 Å². The first kappa shape index (κ1) is 13.4. The van der Waals surface area contributed by atoms with Crippen molar-refractivity contribution in [1.82, 2.24) is 0 Å². The van der Waals surface area contributed by atoms with Crippen molar-refractivity contribution in [3.05, 3.63) is 35.6 Å². The number of rotatable bonds is 4. The topological polar surface area (TPSA) is 52.0 Å². The minimum Gasteiger partial charge on any atom is -0.330 e. The molecular weight excluding hydrogens is 203 g/mol. The second kappa shape index (κ2) is 6.76. The van der Waals surface area contributed by atoms with E-state index in [2.05, 4.69) is 0 Å². The molecule has 1 rings (SSSR count). The Morgan fingerprint density at radius 2 is 1.79 bits per heavy atom. The average Bonchev–Trinajstić information content (AvgIpc) is 2.15. The summed E-state index contributed by atoms with van der Waals surface area (Å²) in [7, 11) is 0. The highest BCUT2D eigenvalue weighted by Gasteiger charge is 2.04. The molecule has 0 aromatic heterocycles. The second-order valence-electron chi connectivity index (χ2n) is 3.09. The van der Waals surface area contributed by atoms with Crippen LogP contribution >= 0.6 is 12.4 Å². The lowest BCUT2D eigenvalue weighted by atomic mass is 10.0. The van der Waals surface area contributed by atoms with Gasteiger partial charge in [0.1, 0.15) is 5.82 Å². The molecule has 1 aromatic rings. The molecule has 0 fully saturated rings. The third-order valence-corrected chi connectivity index (χ3v) is 2.02. The van der Waals surface area contributed by atoms with Gasteiger partial charge >= 0.3 is 0 Å². The minimum atomic E-state index is -0.227. The Balaban J connectivity index is 0.00000169. The van der Waals surface area contributed by atoms with E-state index in [0.29, 0.717) is 6.54 Å². The third kappa shape index (κ3) is 4.05. The van der Waals surface area contributed by atoms with Crippen molar-refractivity contribution in [2.45, 2.75) is 18.9 Å². The molecule has 0 spiro atoms. The van der Waals surface area contributed by atoms with Gasteiger partial charge in [0.2, 0.25) is 0 Å². The summed E-state index contributed by atoms with van der Waals surface area (Å²) >= 11 is 0. The summed E-state index contributed by atoms with van der Waals surface area (Å²) in [5, 5.41) is 0. The van der Waals surface area contributed by atoms with E-state index in [1.807, 2.05) is 0 Å². The van der Waals surface area contributed by atoms with Crippen LogP contribution in [-0.4, -0.2) is 6.54 Å². The van der Waals surface area contributed by atoms with Gasteiger partial charge in [0.15, 0.2) is 0 Å². The number of hydrogen-bond acceptors (Lipinski definition) is 2. The predicted molar refractivity (Wildman–Crippen MR) is 58.9 cm³/mol. The molecule has 0 saturated carbocycles. The molecule has 0 aliphatic heterocycles. The SMILES string of the molecule is Cl.NCCC[C@@H](N)c1ccc(F)cc1. The molecule has 0 radical (unpaired) electrons. The lowest BCUT2D eigenvalue weighted by Crippen LogP contribution is -2.12. The van der Waals surface area contributed by atoms with E-state index in [1.54, 1.807) is 12.1 Å². The molecule has 0 aliphatic rings. The summed E-state index contributed by atoms with van der Waals surface area (Å²) in [5.74, 6) is -0.227. The second-order valence-corrected chi connectivity index (χ2v) is 3.09. The van der Waals surface area contributed by atoms with E-state index in [0.717, 1.165) is 18.4 Å². The van der Waals surface area contributed by atoms with Crippen LogP contribution in [0.3, 0.4) is 0 Å². The van der Waals surface area contributed by atoms with Crippen molar-refractivity contribution in [3.8, 4) is 0 Å². The van der Waals surface area contributed by atoms with Crippen LogP contribution in [-0.2, 0) is 0 Å². The molecule has 0 aliphatic carbocycles. The van der Waals surface area contributed by atoms with Crippen molar-refractivity contribution in [3.63, 3.8) is 0 Å². The summed E-state index contributed by atoms with van der Waals surface area (Å²) in [6.07, 6.45) is 1.75. The summed E-state index contributed by atoms with van der Waals surface area (Å²) in [6.45, 7) is 0.648. The Morgan fingerprint density at radius 1 is 1.21 bits per heavy atom. The monoisotopic (exact) mass is 218 g/mol. The van der Waals surface area contributed by atoms with Gasteiger partial charge in [-0.2, -0.15) is 0 Å². The van der Waals surface area contributed by atoms with Crippen molar-refractivity contribution < 1.29 is 4.39 Å². The molecule has 0 saturated heterocycles. The minimum absolute atomic E-state index is 0. The van der Waals surface area contributed by atoms with Crippen molar-refractivity contribution >= 4 is 12.4 Å². The molecule has 4 N–H and O–H groups in total. The zero-order valence-electron chi connectivity index (χ0n) is 7.95. The van der Waals surface area contributed by atoms with Gasteiger partial charge in [0.25, 0.3) is 0 Å². The van der Waals surface area contributed by atoms with E-state index < -0.39 is 0 Å². The van der Waals surface area contributed by atoms with Gasteiger partial charge in [-0.3, -0.25) is 0 Å². The highest BCUT2D eigenvalue weighted by molar-refractivity contribution is 5.85. The van der Waals surface area contributed by atoms with Crippen LogP contribution in [0.25, 0.3) is 0 Å². The van der Waals surface area contributed by atoms with E-state index >= 15 is 0 Å². The van der Waals surface area contributed by atoms with Gasteiger partial charge in [0, 0.05) is 6.04 Å². The predicted octanol–water partition coefficient (Wildman–Crippen LogP) is 1.99. The maximum absolute atomic E-state index is 12.5. The van der Waals surface area contributed by atoms with Gasteiger partial charge in [-0.1, -0.05) is 12.1 Å². The van der Waals surface area contributed by atoms with Crippen molar-refractivity contribution in [1.29, 1.82) is 0 Å². The quantitative estimate of drug-likeness (QED) is 0.812. The zero-order valence-corrected chi connectivity index (χ0v) is 8.77. The smallest absolute Gasteiger partial charge is 0.123 e. The summed E-state index contributed by atoms with van der Waals surface area (Å²) < 4.78 is 12.5. The molecule has 4 heteroatoms. The Bertz CT molecular complexity index is 251. The third-order valence-electron chi connectivity index (χ3n) is 2.02. The molecular formula is C10H16ClFN2. The Hall–Kier alpha value is -0.640. The maximum atomic E-state index is 12.5. The first-order valence-electron chi connectivity index (χ1n) is 4.45. The molecule has 1 aromatic carbocycles. The van der Waals surface area contributed by atoms with E-state index in [4.69, 9.17) is 11.5 Å². The summed E-state index contributed by atoms with van der Waals surface area (Å²) in [6, 6.07) is 6.27. The van der Waals surface area contributed by atoms with Crippen molar-refractivity contribution in [2.75, 3.05) is 6.54 Å². The van der Waals surface area contributed by atoms with Crippen LogP contribution in [0.5, 0.6) is 0 Å².